The molecule has 136 valence electrons. The molecule has 8 heteroatoms. The van der Waals surface area contributed by atoms with Crippen LogP contribution < -0.4 is 14.8 Å². The SMILES string of the molecule is COc1ccccc1C(=O)NC(=O)COC(=O)COc1ccccc1Cl. The number of nitrogens with one attached hydrogen (secondary N) is 1. The summed E-state index contributed by atoms with van der Waals surface area (Å²) in [6.07, 6.45) is 0. The summed E-state index contributed by atoms with van der Waals surface area (Å²) in [5.74, 6) is -1.56. The van der Waals surface area contributed by atoms with Gasteiger partial charge in [0.1, 0.15) is 11.5 Å². The molecular weight excluding hydrogens is 362 g/mol. The first-order valence-electron chi connectivity index (χ1n) is 7.51. The number of rotatable bonds is 7. The second-order valence-electron chi connectivity index (χ2n) is 4.96. The molecule has 0 unspecified atom stereocenters. The van der Waals surface area contributed by atoms with Gasteiger partial charge >= 0.3 is 5.97 Å². The summed E-state index contributed by atoms with van der Waals surface area (Å²) in [7, 11) is 1.41. The van der Waals surface area contributed by atoms with Crippen LogP contribution >= 0.6 is 11.6 Å². The smallest absolute Gasteiger partial charge is 0.344 e. The molecular formula is C18H16ClNO6. The van der Waals surface area contributed by atoms with Crippen LogP contribution in [-0.4, -0.2) is 38.1 Å². The first kappa shape index (κ1) is 19.3. The van der Waals surface area contributed by atoms with Crippen LogP contribution in [0.4, 0.5) is 0 Å². The Morgan fingerprint density at radius 2 is 1.62 bits per heavy atom. The molecule has 0 radical (unpaired) electrons. The van der Waals surface area contributed by atoms with Crippen molar-refractivity contribution in [3.05, 3.63) is 59.1 Å². The second-order valence-corrected chi connectivity index (χ2v) is 5.36. The van der Waals surface area contributed by atoms with Crippen molar-refractivity contribution in [2.24, 2.45) is 0 Å². The molecule has 0 saturated heterocycles. The topological polar surface area (TPSA) is 90.9 Å². The number of para-hydroxylation sites is 2. The molecule has 2 aromatic rings. The van der Waals surface area contributed by atoms with Crippen LogP contribution in [0.2, 0.25) is 5.02 Å². The van der Waals surface area contributed by atoms with Gasteiger partial charge in [-0.1, -0.05) is 35.9 Å². The summed E-state index contributed by atoms with van der Waals surface area (Å²) in [6.45, 7) is -1.04. The summed E-state index contributed by atoms with van der Waals surface area (Å²) in [4.78, 5) is 35.4. The lowest BCUT2D eigenvalue weighted by Crippen LogP contribution is -2.34. The van der Waals surface area contributed by atoms with Crippen molar-refractivity contribution in [1.29, 1.82) is 0 Å². The average molecular weight is 378 g/mol. The van der Waals surface area contributed by atoms with E-state index in [0.29, 0.717) is 16.5 Å². The fourth-order valence-electron chi connectivity index (χ4n) is 1.95. The van der Waals surface area contributed by atoms with E-state index in [1.165, 1.54) is 13.2 Å². The first-order chi connectivity index (χ1) is 12.5. The van der Waals surface area contributed by atoms with Gasteiger partial charge < -0.3 is 14.2 Å². The monoisotopic (exact) mass is 377 g/mol. The number of ether oxygens (including phenoxy) is 3. The molecule has 0 spiro atoms. The predicted octanol–water partition coefficient (Wildman–Crippen LogP) is 2.23. The van der Waals surface area contributed by atoms with E-state index in [1.54, 1.807) is 42.5 Å². The fourth-order valence-corrected chi connectivity index (χ4v) is 2.14. The highest BCUT2D eigenvalue weighted by molar-refractivity contribution is 6.32. The molecule has 7 nitrogen and oxygen atoms in total. The molecule has 0 aliphatic heterocycles. The molecule has 0 aliphatic rings. The van der Waals surface area contributed by atoms with Crippen LogP contribution in [0.15, 0.2) is 48.5 Å². The Bertz CT molecular complexity index is 808. The maximum absolute atomic E-state index is 12.0. The molecule has 0 bridgehead atoms. The lowest BCUT2D eigenvalue weighted by molar-refractivity contribution is -0.150. The molecule has 0 atom stereocenters. The highest BCUT2D eigenvalue weighted by Crippen LogP contribution is 2.22. The third-order valence-corrected chi connectivity index (χ3v) is 3.46. The second kappa shape index (κ2) is 9.43. The molecule has 26 heavy (non-hydrogen) atoms. The maximum atomic E-state index is 12.0. The van der Waals surface area contributed by atoms with Gasteiger partial charge in [0, 0.05) is 0 Å². The largest absolute Gasteiger partial charge is 0.496 e. The van der Waals surface area contributed by atoms with Gasteiger partial charge in [-0.3, -0.25) is 14.9 Å². The molecule has 0 saturated carbocycles. The lowest BCUT2D eigenvalue weighted by Gasteiger charge is -2.09. The number of carbonyl (C=O) groups excluding carboxylic acids is 3. The molecule has 2 amide bonds. The van der Waals surface area contributed by atoms with Crippen molar-refractivity contribution in [2.45, 2.75) is 0 Å². The van der Waals surface area contributed by atoms with E-state index in [-0.39, 0.29) is 5.56 Å². The number of amides is 2. The minimum absolute atomic E-state index is 0.191. The Labute approximate surface area is 154 Å². The van der Waals surface area contributed by atoms with E-state index in [4.69, 9.17) is 25.8 Å². The zero-order valence-electron chi connectivity index (χ0n) is 13.9. The quantitative estimate of drug-likeness (QED) is 0.744. The van der Waals surface area contributed by atoms with Crippen molar-refractivity contribution in [3.63, 3.8) is 0 Å². The third kappa shape index (κ3) is 5.49. The normalized spacial score (nSPS) is 9.92. The number of hydrogen-bond acceptors (Lipinski definition) is 6. The minimum atomic E-state index is -0.773. The number of esters is 1. The van der Waals surface area contributed by atoms with Crippen LogP contribution in [0.3, 0.4) is 0 Å². The third-order valence-electron chi connectivity index (χ3n) is 3.15. The van der Waals surface area contributed by atoms with Crippen LogP contribution in [0, 0.1) is 0 Å². The summed E-state index contributed by atoms with van der Waals surface area (Å²) < 4.78 is 15.0. The molecule has 0 aliphatic carbocycles. The van der Waals surface area contributed by atoms with Gasteiger partial charge in [-0.15, -0.1) is 0 Å². The number of benzene rings is 2. The van der Waals surface area contributed by atoms with Gasteiger partial charge in [0.2, 0.25) is 0 Å². The molecule has 1 N–H and O–H groups in total. The van der Waals surface area contributed by atoms with Crippen molar-refractivity contribution in [1.82, 2.24) is 5.32 Å². The number of halogens is 1. The number of imide groups is 1. The maximum Gasteiger partial charge on any atom is 0.344 e. The minimum Gasteiger partial charge on any atom is -0.496 e. The van der Waals surface area contributed by atoms with E-state index in [2.05, 4.69) is 5.32 Å². The Morgan fingerprint density at radius 3 is 2.31 bits per heavy atom. The lowest BCUT2D eigenvalue weighted by atomic mass is 10.2. The molecule has 2 rings (SSSR count). The molecule has 0 heterocycles. The zero-order chi connectivity index (χ0) is 18.9. The van der Waals surface area contributed by atoms with Gasteiger partial charge in [-0.2, -0.15) is 0 Å². The summed E-state index contributed by atoms with van der Waals surface area (Å²) in [5.41, 5.74) is 0.191. The van der Waals surface area contributed by atoms with E-state index in [9.17, 15) is 14.4 Å². The van der Waals surface area contributed by atoms with Crippen LogP contribution in [0.1, 0.15) is 10.4 Å². The van der Waals surface area contributed by atoms with Gasteiger partial charge in [-0.05, 0) is 24.3 Å². The molecule has 0 aromatic heterocycles. The van der Waals surface area contributed by atoms with Gasteiger partial charge in [-0.25, -0.2) is 4.79 Å². The van der Waals surface area contributed by atoms with Crippen molar-refractivity contribution in [2.75, 3.05) is 20.3 Å². The Balaban J connectivity index is 1.78. The Hall–Kier alpha value is -3.06. The predicted molar refractivity (Wildman–Crippen MR) is 93.4 cm³/mol. The molecule has 0 fully saturated rings. The van der Waals surface area contributed by atoms with Crippen molar-refractivity contribution >= 4 is 29.4 Å². The van der Waals surface area contributed by atoms with E-state index in [1.807, 2.05) is 0 Å². The van der Waals surface area contributed by atoms with Gasteiger partial charge in [0.05, 0.1) is 17.7 Å². The van der Waals surface area contributed by atoms with Crippen LogP contribution in [-0.2, 0) is 14.3 Å². The van der Waals surface area contributed by atoms with E-state index >= 15 is 0 Å². The fraction of sp³-hybridized carbons (Fsp3) is 0.167. The van der Waals surface area contributed by atoms with Gasteiger partial charge in [0.15, 0.2) is 13.2 Å². The van der Waals surface area contributed by atoms with Crippen LogP contribution in [0.25, 0.3) is 0 Å². The van der Waals surface area contributed by atoms with Crippen LogP contribution in [0.5, 0.6) is 11.5 Å². The first-order valence-corrected chi connectivity index (χ1v) is 7.89. The van der Waals surface area contributed by atoms with Gasteiger partial charge in [0.25, 0.3) is 11.8 Å². The van der Waals surface area contributed by atoms with Crippen molar-refractivity contribution < 1.29 is 28.6 Å². The number of hydrogen-bond donors (Lipinski definition) is 1. The number of methoxy groups -OCH3 is 1. The summed E-state index contributed by atoms with van der Waals surface area (Å²) in [5, 5.41) is 2.46. The summed E-state index contributed by atoms with van der Waals surface area (Å²) >= 11 is 5.89. The highest BCUT2D eigenvalue weighted by atomic mass is 35.5. The number of carbonyl (C=O) groups is 3. The highest BCUT2D eigenvalue weighted by Gasteiger charge is 2.16. The van der Waals surface area contributed by atoms with E-state index < -0.39 is 31.0 Å². The standard InChI is InChI=1S/C18H16ClNO6/c1-24-14-8-4-2-6-12(14)18(23)20-16(21)10-26-17(22)11-25-15-9-5-3-7-13(15)19/h2-9H,10-11H2,1H3,(H,20,21,23). The summed E-state index contributed by atoms with van der Waals surface area (Å²) in [6, 6.07) is 13.0. The Morgan fingerprint density at radius 1 is 0.962 bits per heavy atom. The van der Waals surface area contributed by atoms with Crippen molar-refractivity contribution in [3.8, 4) is 11.5 Å². The average Bonchev–Trinajstić information content (AvgIpc) is 2.65. The van der Waals surface area contributed by atoms with E-state index in [0.717, 1.165) is 0 Å². The Kier molecular flexibility index (Phi) is 6.99. The molecule has 2 aromatic carbocycles. The zero-order valence-corrected chi connectivity index (χ0v) is 14.6.